The highest BCUT2D eigenvalue weighted by atomic mass is 16.7. The summed E-state index contributed by atoms with van der Waals surface area (Å²) in [5, 5.41) is 0. The van der Waals surface area contributed by atoms with Gasteiger partial charge in [-0.05, 0) is 12.1 Å². The Balaban J connectivity index is 2.68. The maximum atomic E-state index is 5.47. The molecular formula is C9H12NO2. The zero-order valence-electron chi connectivity index (χ0n) is 7.04. The van der Waals surface area contributed by atoms with Crippen LogP contribution in [0.1, 0.15) is 5.56 Å². The van der Waals surface area contributed by atoms with E-state index >= 15 is 0 Å². The lowest BCUT2D eigenvalue weighted by atomic mass is 10.2. The fourth-order valence-electron chi connectivity index (χ4n) is 0.873. The topological polar surface area (TPSA) is 44.5 Å². The van der Waals surface area contributed by atoms with Crippen LogP contribution in [0.2, 0.25) is 0 Å². The molecule has 1 rings (SSSR count). The molecule has 12 heavy (non-hydrogen) atoms. The Labute approximate surface area is 72.1 Å². The van der Waals surface area contributed by atoms with Crippen LogP contribution in [-0.2, 0) is 11.3 Å². The molecule has 2 N–H and O–H groups in total. The molecule has 0 aliphatic heterocycles. The van der Waals surface area contributed by atoms with Crippen LogP contribution in [0.5, 0.6) is 5.75 Å². The summed E-state index contributed by atoms with van der Waals surface area (Å²) >= 11 is 0. The molecule has 3 heteroatoms. The van der Waals surface area contributed by atoms with Crippen molar-refractivity contribution in [2.75, 3.05) is 13.9 Å². The monoisotopic (exact) mass is 166 g/mol. The molecule has 1 radical (unpaired) electrons. The fourth-order valence-corrected chi connectivity index (χ4v) is 0.873. The minimum absolute atomic E-state index is 0.241. The SMILES string of the molecule is COCOc1ccc[c]c1CN. The van der Waals surface area contributed by atoms with Crippen LogP contribution in [-0.4, -0.2) is 13.9 Å². The molecule has 0 atom stereocenters. The van der Waals surface area contributed by atoms with E-state index in [1.165, 1.54) is 0 Å². The largest absolute Gasteiger partial charge is 0.467 e. The first-order valence-corrected chi connectivity index (χ1v) is 3.70. The normalized spacial score (nSPS) is 9.83. The van der Waals surface area contributed by atoms with Crippen molar-refractivity contribution in [3.05, 3.63) is 29.8 Å². The Morgan fingerprint density at radius 3 is 3.08 bits per heavy atom. The quantitative estimate of drug-likeness (QED) is 0.677. The van der Waals surface area contributed by atoms with E-state index in [9.17, 15) is 0 Å². The number of methoxy groups -OCH3 is 1. The first-order chi connectivity index (χ1) is 5.88. The van der Waals surface area contributed by atoms with Gasteiger partial charge in [0.25, 0.3) is 0 Å². The number of benzene rings is 1. The van der Waals surface area contributed by atoms with E-state index in [1.807, 2.05) is 18.2 Å². The van der Waals surface area contributed by atoms with E-state index < -0.39 is 0 Å². The maximum absolute atomic E-state index is 5.47. The molecule has 0 spiro atoms. The first-order valence-electron chi connectivity index (χ1n) is 3.70. The molecule has 1 aromatic carbocycles. The van der Waals surface area contributed by atoms with Crippen molar-refractivity contribution in [3.63, 3.8) is 0 Å². The standard InChI is InChI=1S/C9H12NO2/c1-11-7-12-9-5-3-2-4-8(9)6-10/h2-3,5H,6-7,10H2,1H3. The number of hydrogen-bond acceptors (Lipinski definition) is 3. The second kappa shape index (κ2) is 4.74. The zero-order chi connectivity index (χ0) is 8.81. The lowest BCUT2D eigenvalue weighted by Gasteiger charge is -2.07. The van der Waals surface area contributed by atoms with E-state index in [0.717, 1.165) is 11.3 Å². The summed E-state index contributed by atoms with van der Waals surface area (Å²) in [5.41, 5.74) is 6.34. The van der Waals surface area contributed by atoms with Crippen LogP contribution in [0.25, 0.3) is 0 Å². The van der Waals surface area contributed by atoms with Crippen LogP contribution < -0.4 is 10.5 Å². The highest BCUT2D eigenvalue weighted by Crippen LogP contribution is 2.15. The van der Waals surface area contributed by atoms with Gasteiger partial charge in [-0.15, -0.1) is 0 Å². The summed E-state index contributed by atoms with van der Waals surface area (Å²) < 4.78 is 10.0. The summed E-state index contributed by atoms with van der Waals surface area (Å²) in [6, 6.07) is 8.49. The molecule has 0 fully saturated rings. The molecule has 0 heterocycles. The van der Waals surface area contributed by atoms with Crippen LogP contribution >= 0.6 is 0 Å². The average Bonchev–Trinajstić information content (AvgIpc) is 2.15. The molecule has 0 unspecified atom stereocenters. The molecule has 0 saturated carbocycles. The Kier molecular flexibility index (Phi) is 3.57. The van der Waals surface area contributed by atoms with Gasteiger partial charge in [0.1, 0.15) is 5.75 Å². The lowest BCUT2D eigenvalue weighted by molar-refractivity contribution is 0.0504. The second-order valence-electron chi connectivity index (χ2n) is 2.27. The van der Waals surface area contributed by atoms with Crippen LogP contribution in [0.3, 0.4) is 0 Å². The number of hydrogen-bond donors (Lipinski definition) is 1. The smallest absolute Gasteiger partial charge is 0.188 e. The highest BCUT2D eigenvalue weighted by Gasteiger charge is 1.99. The minimum Gasteiger partial charge on any atom is -0.467 e. The molecule has 0 aliphatic carbocycles. The molecule has 0 amide bonds. The third kappa shape index (κ3) is 2.22. The van der Waals surface area contributed by atoms with Gasteiger partial charge < -0.3 is 15.2 Å². The fraction of sp³-hybridized carbons (Fsp3) is 0.333. The first kappa shape index (κ1) is 9.03. The number of nitrogens with two attached hydrogens (primary N) is 1. The molecule has 65 valence electrons. The molecule has 0 aromatic heterocycles. The van der Waals surface area contributed by atoms with Gasteiger partial charge in [0.2, 0.25) is 0 Å². The van der Waals surface area contributed by atoms with Gasteiger partial charge in [-0.25, -0.2) is 0 Å². The Morgan fingerprint density at radius 2 is 2.42 bits per heavy atom. The van der Waals surface area contributed by atoms with Gasteiger partial charge in [-0.1, -0.05) is 12.1 Å². The van der Waals surface area contributed by atoms with Gasteiger partial charge in [-0.3, -0.25) is 0 Å². The summed E-state index contributed by atoms with van der Waals surface area (Å²) in [4.78, 5) is 0. The minimum atomic E-state index is 0.241. The van der Waals surface area contributed by atoms with E-state index in [4.69, 9.17) is 15.2 Å². The molecule has 3 nitrogen and oxygen atoms in total. The summed E-state index contributed by atoms with van der Waals surface area (Å²) in [6.07, 6.45) is 0. The van der Waals surface area contributed by atoms with Crippen molar-refractivity contribution in [1.29, 1.82) is 0 Å². The third-order valence-electron chi connectivity index (χ3n) is 1.44. The predicted octanol–water partition coefficient (Wildman–Crippen LogP) is 0.928. The molecular weight excluding hydrogens is 154 g/mol. The van der Waals surface area contributed by atoms with E-state index in [2.05, 4.69) is 6.07 Å². The van der Waals surface area contributed by atoms with Crippen molar-refractivity contribution in [2.45, 2.75) is 6.54 Å². The third-order valence-corrected chi connectivity index (χ3v) is 1.44. The zero-order valence-corrected chi connectivity index (χ0v) is 7.04. The number of ether oxygens (including phenoxy) is 2. The van der Waals surface area contributed by atoms with Gasteiger partial charge in [0.15, 0.2) is 6.79 Å². The van der Waals surface area contributed by atoms with E-state index in [1.54, 1.807) is 7.11 Å². The summed E-state index contributed by atoms with van der Waals surface area (Å²) in [5.74, 6) is 0.738. The Hall–Kier alpha value is -1.06. The summed E-state index contributed by atoms with van der Waals surface area (Å²) in [7, 11) is 1.58. The maximum Gasteiger partial charge on any atom is 0.188 e. The van der Waals surface area contributed by atoms with Gasteiger partial charge in [0.05, 0.1) is 0 Å². The molecule has 0 saturated heterocycles. The van der Waals surface area contributed by atoms with E-state index in [-0.39, 0.29) is 6.79 Å². The Morgan fingerprint density at radius 1 is 1.58 bits per heavy atom. The molecule has 1 aromatic rings. The van der Waals surface area contributed by atoms with Gasteiger partial charge in [-0.2, -0.15) is 0 Å². The predicted molar refractivity (Wildman–Crippen MR) is 45.7 cm³/mol. The van der Waals surface area contributed by atoms with Crippen molar-refractivity contribution in [2.24, 2.45) is 5.73 Å². The lowest BCUT2D eigenvalue weighted by Crippen LogP contribution is -2.04. The van der Waals surface area contributed by atoms with Crippen molar-refractivity contribution in [3.8, 4) is 5.75 Å². The van der Waals surface area contributed by atoms with Crippen LogP contribution in [0.4, 0.5) is 0 Å². The molecule has 0 bridgehead atoms. The van der Waals surface area contributed by atoms with Gasteiger partial charge in [0, 0.05) is 19.2 Å². The van der Waals surface area contributed by atoms with Crippen LogP contribution in [0.15, 0.2) is 18.2 Å². The van der Waals surface area contributed by atoms with Crippen molar-refractivity contribution < 1.29 is 9.47 Å². The second-order valence-corrected chi connectivity index (χ2v) is 2.27. The van der Waals surface area contributed by atoms with Crippen LogP contribution in [0, 0.1) is 6.07 Å². The Bertz CT molecular complexity index is 238. The van der Waals surface area contributed by atoms with E-state index in [0.29, 0.717) is 6.54 Å². The number of rotatable bonds is 4. The molecule has 0 aliphatic rings. The average molecular weight is 166 g/mol. The van der Waals surface area contributed by atoms with Gasteiger partial charge >= 0.3 is 0 Å². The van der Waals surface area contributed by atoms with Crippen molar-refractivity contribution in [1.82, 2.24) is 0 Å². The highest BCUT2D eigenvalue weighted by molar-refractivity contribution is 5.31. The van der Waals surface area contributed by atoms with Crippen molar-refractivity contribution >= 4 is 0 Å². The summed E-state index contributed by atoms with van der Waals surface area (Å²) in [6.45, 7) is 0.671.